The molecule has 0 fully saturated rings. The van der Waals surface area contributed by atoms with Gasteiger partial charge in [0.25, 0.3) is 5.56 Å². The van der Waals surface area contributed by atoms with E-state index in [-0.39, 0.29) is 22.8 Å². The maximum atomic E-state index is 13.0. The Morgan fingerprint density at radius 2 is 2.25 bits per heavy atom. The Bertz CT molecular complexity index is 1260. The summed E-state index contributed by atoms with van der Waals surface area (Å²) in [5.41, 5.74) is 7.42. The van der Waals surface area contributed by atoms with Crippen molar-refractivity contribution in [2.75, 3.05) is 11.9 Å². The molecule has 1 atom stereocenters. The van der Waals surface area contributed by atoms with Crippen molar-refractivity contribution in [1.82, 2.24) is 9.97 Å². The van der Waals surface area contributed by atoms with Gasteiger partial charge in [-0.1, -0.05) is 6.07 Å². The minimum atomic E-state index is -0.703. The van der Waals surface area contributed by atoms with Crippen molar-refractivity contribution in [3.05, 3.63) is 63.0 Å². The molecule has 4 heterocycles. The Hall–Kier alpha value is -3.82. The van der Waals surface area contributed by atoms with Gasteiger partial charge in [0.2, 0.25) is 5.88 Å². The Labute approximate surface area is 163 Å². The fourth-order valence-corrected chi connectivity index (χ4v) is 4.49. The number of H-pyrrole nitrogens is 1. The zero-order valence-electron chi connectivity index (χ0n) is 14.7. The van der Waals surface area contributed by atoms with Crippen molar-refractivity contribution in [2.45, 2.75) is 12.8 Å². The maximum Gasteiger partial charge on any atom is 0.256 e. The van der Waals surface area contributed by atoms with E-state index < -0.39 is 11.5 Å². The van der Waals surface area contributed by atoms with E-state index in [2.05, 4.69) is 27.4 Å². The first-order valence-electron chi connectivity index (χ1n) is 8.44. The van der Waals surface area contributed by atoms with E-state index in [4.69, 9.17) is 10.5 Å². The average molecular weight is 390 g/mol. The Kier molecular flexibility index (Phi) is 4.22. The number of hydrogen-bond acceptors (Lipinski definition) is 8. The number of rotatable bonds is 3. The Balaban J connectivity index is 2.08. The standard InChI is InChI=1S/C19H14N6O2S/c1-2-24-19-11(7-21)14-16(28-19)15-13(18(26)25-14)12(9-4-3-5-23-8-9)10(6-20)17(22)27-15/h3-5,8,12,24H,2,22H2,1H3,(H,25,26)/t12-/m0/s1. The summed E-state index contributed by atoms with van der Waals surface area (Å²) in [6.45, 7) is 2.53. The molecule has 0 bridgehead atoms. The van der Waals surface area contributed by atoms with E-state index in [1.165, 1.54) is 11.3 Å². The number of hydrogen-bond donors (Lipinski definition) is 3. The van der Waals surface area contributed by atoms with Crippen LogP contribution in [-0.4, -0.2) is 16.5 Å². The van der Waals surface area contributed by atoms with Gasteiger partial charge in [0, 0.05) is 18.9 Å². The molecule has 138 valence electrons. The zero-order chi connectivity index (χ0) is 19.8. The molecule has 0 aromatic carbocycles. The van der Waals surface area contributed by atoms with Gasteiger partial charge < -0.3 is 20.8 Å². The smallest absolute Gasteiger partial charge is 0.256 e. The topological polar surface area (TPSA) is 141 Å². The molecule has 0 radical (unpaired) electrons. The van der Waals surface area contributed by atoms with Gasteiger partial charge in [-0.3, -0.25) is 9.78 Å². The molecule has 9 heteroatoms. The van der Waals surface area contributed by atoms with Crippen LogP contribution in [0.25, 0.3) is 10.2 Å². The molecular formula is C19H14N6O2S. The normalized spacial score (nSPS) is 15.5. The third-order valence-corrected chi connectivity index (χ3v) is 5.63. The number of allylic oxidation sites excluding steroid dienone is 1. The number of ether oxygens (including phenoxy) is 1. The average Bonchev–Trinajstić information content (AvgIpc) is 3.05. The summed E-state index contributed by atoms with van der Waals surface area (Å²) in [4.78, 5) is 19.9. The van der Waals surface area contributed by atoms with Crippen molar-refractivity contribution >= 4 is 26.6 Å². The molecule has 4 N–H and O–H groups in total. The number of thiophene rings is 1. The fourth-order valence-electron chi connectivity index (χ4n) is 3.32. The molecule has 0 aliphatic carbocycles. The molecular weight excluding hydrogens is 376 g/mol. The summed E-state index contributed by atoms with van der Waals surface area (Å²) in [5, 5.41) is 23.0. The molecule has 0 spiro atoms. The summed E-state index contributed by atoms with van der Waals surface area (Å²) in [6.07, 6.45) is 3.20. The van der Waals surface area contributed by atoms with Crippen LogP contribution in [0.1, 0.15) is 29.5 Å². The zero-order valence-corrected chi connectivity index (χ0v) is 15.6. The molecule has 8 nitrogen and oxygen atoms in total. The van der Waals surface area contributed by atoms with Crippen molar-refractivity contribution in [1.29, 1.82) is 10.5 Å². The maximum absolute atomic E-state index is 13.0. The van der Waals surface area contributed by atoms with E-state index in [0.717, 1.165) is 0 Å². The predicted octanol–water partition coefficient (Wildman–Crippen LogP) is 2.51. The van der Waals surface area contributed by atoms with Crippen molar-refractivity contribution in [3.8, 4) is 17.9 Å². The fraction of sp³-hybridized carbons (Fsp3) is 0.158. The highest BCUT2D eigenvalue weighted by molar-refractivity contribution is 7.23. The third-order valence-electron chi connectivity index (χ3n) is 4.48. The molecule has 3 aromatic rings. The Morgan fingerprint density at radius 1 is 1.43 bits per heavy atom. The highest BCUT2D eigenvalue weighted by atomic mass is 32.1. The van der Waals surface area contributed by atoms with Crippen molar-refractivity contribution < 1.29 is 4.74 Å². The number of aromatic amines is 1. The van der Waals surface area contributed by atoms with Crippen LogP contribution in [0.4, 0.5) is 5.00 Å². The monoisotopic (exact) mass is 390 g/mol. The van der Waals surface area contributed by atoms with Gasteiger partial charge in [0.05, 0.1) is 21.7 Å². The van der Waals surface area contributed by atoms with Gasteiger partial charge in [0.1, 0.15) is 28.3 Å². The van der Waals surface area contributed by atoms with Crippen LogP contribution in [0.3, 0.4) is 0 Å². The lowest BCUT2D eigenvalue weighted by atomic mass is 9.85. The minimum Gasteiger partial charge on any atom is -0.438 e. The van der Waals surface area contributed by atoms with Crippen LogP contribution in [0, 0.1) is 22.7 Å². The van der Waals surface area contributed by atoms with Gasteiger partial charge in [-0.05, 0) is 18.6 Å². The second kappa shape index (κ2) is 6.72. The number of aromatic nitrogens is 2. The number of nitrogens with two attached hydrogens (primary N) is 1. The lowest BCUT2D eigenvalue weighted by Crippen LogP contribution is -2.27. The number of nitrogens with one attached hydrogen (secondary N) is 2. The van der Waals surface area contributed by atoms with Crippen LogP contribution in [0.5, 0.6) is 5.75 Å². The van der Waals surface area contributed by atoms with E-state index in [1.807, 2.05) is 6.92 Å². The largest absolute Gasteiger partial charge is 0.438 e. The number of anilines is 1. The summed E-state index contributed by atoms with van der Waals surface area (Å²) >= 11 is 1.30. The highest BCUT2D eigenvalue weighted by Crippen LogP contribution is 2.47. The van der Waals surface area contributed by atoms with Gasteiger partial charge in [-0.25, -0.2) is 0 Å². The second-order valence-corrected chi connectivity index (χ2v) is 7.08. The van der Waals surface area contributed by atoms with E-state index in [1.54, 1.807) is 24.5 Å². The Morgan fingerprint density at radius 3 is 2.89 bits per heavy atom. The summed E-state index contributed by atoms with van der Waals surface area (Å²) in [5.74, 6) is -0.492. The predicted molar refractivity (Wildman–Crippen MR) is 105 cm³/mol. The quantitative estimate of drug-likeness (QED) is 0.624. The first kappa shape index (κ1) is 17.6. The van der Waals surface area contributed by atoms with E-state index in [0.29, 0.717) is 32.9 Å². The third kappa shape index (κ3) is 2.49. The first-order valence-corrected chi connectivity index (χ1v) is 9.26. The summed E-state index contributed by atoms with van der Waals surface area (Å²) in [6, 6.07) is 7.69. The van der Waals surface area contributed by atoms with Crippen LogP contribution in [0.2, 0.25) is 0 Å². The van der Waals surface area contributed by atoms with Gasteiger partial charge in [0.15, 0.2) is 5.75 Å². The van der Waals surface area contributed by atoms with Crippen molar-refractivity contribution in [3.63, 3.8) is 0 Å². The number of nitriles is 2. The number of pyridine rings is 2. The van der Waals surface area contributed by atoms with Crippen molar-refractivity contribution in [2.24, 2.45) is 5.73 Å². The van der Waals surface area contributed by atoms with Crippen LogP contribution < -0.4 is 21.3 Å². The lowest BCUT2D eigenvalue weighted by molar-refractivity contribution is 0.397. The molecule has 0 saturated carbocycles. The molecule has 0 amide bonds. The summed E-state index contributed by atoms with van der Waals surface area (Å²) in [7, 11) is 0. The second-order valence-electron chi connectivity index (χ2n) is 6.06. The van der Waals surface area contributed by atoms with Gasteiger partial charge >= 0.3 is 0 Å². The lowest BCUT2D eigenvalue weighted by Gasteiger charge is -2.25. The van der Waals surface area contributed by atoms with E-state index in [9.17, 15) is 15.3 Å². The van der Waals surface area contributed by atoms with Crippen LogP contribution in [-0.2, 0) is 0 Å². The number of fused-ring (bicyclic) bond motifs is 3. The molecule has 1 aliphatic rings. The molecule has 1 aliphatic heterocycles. The molecule has 3 aromatic heterocycles. The van der Waals surface area contributed by atoms with Gasteiger partial charge in [-0.2, -0.15) is 10.5 Å². The molecule has 28 heavy (non-hydrogen) atoms. The summed E-state index contributed by atoms with van der Waals surface area (Å²) < 4.78 is 6.33. The number of nitrogens with zero attached hydrogens (tertiary/aromatic N) is 3. The SMILES string of the molecule is CCNc1sc2c3c(c(=O)[nH]c2c1C#N)[C@@H](c1cccnc1)C(C#N)=C(N)O3. The minimum absolute atomic E-state index is 0.0624. The van der Waals surface area contributed by atoms with Gasteiger partial charge in [-0.15, -0.1) is 11.3 Å². The highest BCUT2D eigenvalue weighted by Gasteiger charge is 2.36. The first-order chi connectivity index (χ1) is 13.6. The molecule has 4 rings (SSSR count). The van der Waals surface area contributed by atoms with Crippen LogP contribution >= 0.6 is 11.3 Å². The van der Waals surface area contributed by atoms with E-state index >= 15 is 0 Å². The molecule has 0 saturated heterocycles. The van der Waals surface area contributed by atoms with Crippen LogP contribution in [0.15, 0.2) is 40.8 Å². The molecule has 0 unspecified atom stereocenters.